The molecule has 224 valence electrons. The molecule has 48 heavy (non-hydrogen) atoms. The van der Waals surface area contributed by atoms with Gasteiger partial charge in [-0.25, -0.2) is 0 Å². The number of nitrogens with zero attached hydrogens (tertiary/aromatic N) is 2. The maximum absolute atomic E-state index is 13.7. The maximum Gasteiger partial charge on any atom is 0.263 e. The normalized spacial score (nSPS) is 12.1. The second-order valence-corrected chi connectivity index (χ2v) is 12.5. The van der Waals surface area contributed by atoms with Crippen LogP contribution in [0.5, 0.6) is 0 Å². The molecule has 0 amide bonds. The van der Waals surface area contributed by atoms with E-state index in [1.165, 1.54) is 0 Å². The average molecular weight is 615 g/mol. The predicted octanol–water partition coefficient (Wildman–Crippen LogP) is 10.2. The third-order valence-electron chi connectivity index (χ3n) is 10.2. The van der Waals surface area contributed by atoms with Crippen molar-refractivity contribution < 1.29 is 0 Å². The highest BCUT2D eigenvalue weighted by atomic mass is 16.1. The quantitative estimate of drug-likeness (QED) is 0.185. The Labute approximate surface area is 274 Å². The molecule has 0 saturated heterocycles. The standard InChI is InChI=1S/C44H26N2O2/c1-3-29-30(4-2)43(47)45-39-15-9-7-12-32(39)37-23-27(21-35(29)41(37)45)25-17-19-26(20-18-25)28-22-36-31-11-5-6-14-34(31)44(48)46-40-16-10-8-13-33(40)38(24-28)42(36)46/h3-24H,1-2H2. The van der Waals surface area contributed by atoms with Crippen LogP contribution in [0.3, 0.4) is 0 Å². The molecule has 0 spiro atoms. The molecule has 0 N–H and O–H groups in total. The van der Waals surface area contributed by atoms with E-state index in [9.17, 15) is 9.59 Å². The Morgan fingerprint density at radius 1 is 0.396 bits per heavy atom. The van der Waals surface area contributed by atoms with E-state index in [4.69, 9.17) is 0 Å². The van der Waals surface area contributed by atoms with Gasteiger partial charge in [0.2, 0.25) is 0 Å². The van der Waals surface area contributed by atoms with Gasteiger partial charge in [-0.2, -0.15) is 0 Å². The number of benzene rings is 6. The average Bonchev–Trinajstić information content (AvgIpc) is 3.66. The molecule has 4 aromatic heterocycles. The summed E-state index contributed by atoms with van der Waals surface area (Å²) < 4.78 is 3.70. The number of rotatable bonds is 4. The van der Waals surface area contributed by atoms with Gasteiger partial charge in [-0.05, 0) is 75.7 Å². The molecule has 4 heterocycles. The lowest BCUT2D eigenvalue weighted by Gasteiger charge is -2.12. The van der Waals surface area contributed by atoms with Gasteiger partial charge in [0.15, 0.2) is 0 Å². The summed E-state index contributed by atoms with van der Waals surface area (Å²) >= 11 is 0. The molecule has 10 aromatic rings. The van der Waals surface area contributed by atoms with Crippen LogP contribution in [-0.2, 0) is 0 Å². The zero-order chi connectivity index (χ0) is 32.3. The smallest absolute Gasteiger partial charge is 0.263 e. The summed E-state index contributed by atoms with van der Waals surface area (Å²) in [5.41, 5.74) is 9.28. The van der Waals surface area contributed by atoms with Crippen molar-refractivity contribution in [3.05, 3.63) is 166 Å². The van der Waals surface area contributed by atoms with Gasteiger partial charge in [0.25, 0.3) is 11.1 Å². The van der Waals surface area contributed by atoms with Gasteiger partial charge < -0.3 is 0 Å². The van der Waals surface area contributed by atoms with Crippen molar-refractivity contribution in [3.63, 3.8) is 0 Å². The molecule has 0 aliphatic heterocycles. The van der Waals surface area contributed by atoms with Crippen molar-refractivity contribution in [1.82, 2.24) is 8.80 Å². The van der Waals surface area contributed by atoms with E-state index in [2.05, 4.69) is 73.8 Å². The minimum Gasteiger partial charge on any atom is -0.275 e. The molecular weight excluding hydrogens is 588 g/mol. The summed E-state index contributed by atoms with van der Waals surface area (Å²) in [7, 11) is 0. The summed E-state index contributed by atoms with van der Waals surface area (Å²) in [4.78, 5) is 27.4. The largest absolute Gasteiger partial charge is 0.275 e. The van der Waals surface area contributed by atoms with Crippen molar-refractivity contribution >= 4 is 77.3 Å². The lowest BCUT2D eigenvalue weighted by molar-refractivity contribution is 1.17. The summed E-state index contributed by atoms with van der Waals surface area (Å²) in [6, 6.07) is 41.6. The minimum atomic E-state index is -0.0817. The van der Waals surface area contributed by atoms with Gasteiger partial charge in [0.05, 0.1) is 22.1 Å². The zero-order valence-corrected chi connectivity index (χ0v) is 25.8. The van der Waals surface area contributed by atoms with Crippen LogP contribution in [0, 0.1) is 0 Å². The first-order chi connectivity index (χ1) is 23.6. The molecule has 0 atom stereocenters. The summed E-state index contributed by atoms with van der Waals surface area (Å²) in [5.74, 6) is 0. The fraction of sp³-hybridized carbons (Fsp3) is 0. The number of fused-ring (bicyclic) bond motifs is 8. The molecule has 6 aromatic carbocycles. The molecule has 0 unspecified atom stereocenters. The number of hydrogen-bond acceptors (Lipinski definition) is 2. The van der Waals surface area contributed by atoms with Gasteiger partial charge in [0.1, 0.15) is 0 Å². The van der Waals surface area contributed by atoms with Crippen LogP contribution in [0.25, 0.3) is 99.6 Å². The molecule has 0 aliphatic carbocycles. The first-order valence-corrected chi connectivity index (χ1v) is 16.0. The lowest BCUT2D eigenvalue weighted by Crippen LogP contribution is -2.17. The van der Waals surface area contributed by atoms with E-state index in [0.29, 0.717) is 5.56 Å². The summed E-state index contributed by atoms with van der Waals surface area (Å²) in [6.07, 6.45) is 3.41. The number of aromatic nitrogens is 2. The first-order valence-electron chi connectivity index (χ1n) is 16.0. The van der Waals surface area contributed by atoms with E-state index < -0.39 is 0 Å². The fourth-order valence-electron chi connectivity index (χ4n) is 8.04. The molecular formula is C44H26N2O2. The predicted molar refractivity (Wildman–Crippen MR) is 202 cm³/mol. The molecule has 4 nitrogen and oxygen atoms in total. The van der Waals surface area contributed by atoms with Gasteiger partial charge in [-0.1, -0.05) is 104 Å². The topological polar surface area (TPSA) is 43.0 Å². The maximum atomic E-state index is 13.7. The lowest BCUT2D eigenvalue weighted by atomic mass is 9.94. The summed E-state index contributed by atoms with van der Waals surface area (Å²) in [5, 5.41) is 7.93. The first kappa shape index (κ1) is 26.7. The van der Waals surface area contributed by atoms with Crippen LogP contribution in [0.1, 0.15) is 11.1 Å². The minimum absolute atomic E-state index is 0.0135. The van der Waals surface area contributed by atoms with Crippen LogP contribution < -0.4 is 11.1 Å². The molecule has 0 saturated carbocycles. The van der Waals surface area contributed by atoms with Gasteiger partial charge in [0, 0.05) is 43.3 Å². The van der Waals surface area contributed by atoms with E-state index in [0.717, 1.165) is 93.0 Å². The molecule has 4 heteroatoms. The van der Waals surface area contributed by atoms with E-state index in [-0.39, 0.29) is 11.1 Å². The van der Waals surface area contributed by atoms with Crippen LogP contribution in [-0.4, -0.2) is 8.80 Å². The van der Waals surface area contributed by atoms with Crippen molar-refractivity contribution in [2.45, 2.75) is 0 Å². The Balaban J connectivity index is 1.21. The van der Waals surface area contributed by atoms with Crippen LogP contribution in [0.15, 0.2) is 144 Å². The molecule has 0 bridgehead atoms. The Morgan fingerprint density at radius 3 is 1.35 bits per heavy atom. The Hall–Kier alpha value is -6.52. The highest BCUT2D eigenvalue weighted by molar-refractivity contribution is 6.22. The van der Waals surface area contributed by atoms with Crippen molar-refractivity contribution in [2.75, 3.05) is 0 Å². The van der Waals surface area contributed by atoms with Gasteiger partial charge >= 0.3 is 0 Å². The van der Waals surface area contributed by atoms with Crippen molar-refractivity contribution in [2.24, 2.45) is 0 Å². The molecule has 0 aliphatic rings. The second kappa shape index (κ2) is 9.50. The van der Waals surface area contributed by atoms with E-state index in [1.54, 1.807) is 12.2 Å². The molecule has 10 rings (SSSR count). The summed E-state index contributed by atoms with van der Waals surface area (Å²) in [6.45, 7) is 8.03. The third kappa shape index (κ3) is 3.33. The van der Waals surface area contributed by atoms with E-state index >= 15 is 0 Å². The SMILES string of the molecule is C=Cc1c(C=C)c2cc(-c3ccc(-c4cc5c6ccccc6c(=O)n6c7ccccc7c(c4)c56)cc3)cc3c4ccccc4n(c1=O)c23. The van der Waals surface area contributed by atoms with Crippen LogP contribution in [0.2, 0.25) is 0 Å². The Bertz CT molecular complexity index is 3130. The van der Waals surface area contributed by atoms with Crippen molar-refractivity contribution in [1.29, 1.82) is 0 Å². The monoisotopic (exact) mass is 614 g/mol. The number of para-hydroxylation sites is 2. The van der Waals surface area contributed by atoms with Crippen molar-refractivity contribution in [3.8, 4) is 22.3 Å². The van der Waals surface area contributed by atoms with Gasteiger partial charge in [-0.3, -0.25) is 18.4 Å². The van der Waals surface area contributed by atoms with Crippen LogP contribution >= 0.6 is 0 Å². The van der Waals surface area contributed by atoms with E-state index in [1.807, 2.05) is 69.5 Å². The highest BCUT2D eigenvalue weighted by Crippen LogP contribution is 2.40. The van der Waals surface area contributed by atoms with Gasteiger partial charge in [-0.15, -0.1) is 0 Å². The zero-order valence-electron chi connectivity index (χ0n) is 25.8. The number of hydrogen-bond donors (Lipinski definition) is 0. The van der Waals surface area contributed by atoms with Crippen LogP contribution in [0.4, 0.5) is 0 Å². The molecule has 0 fully saturated rings. The highest BCUT2D eigenvalue weighted by Gasteiger charge is 2.21. The Morgan fingerprint density at radius 2 is 0.812 bits per heavy atom. The second-order valence-electron chi connectivity index (χ2n) is 12.5. The molecule has 0 radical (unpaired) electrons. The fourth-order valence-corrected chi connectivity index (χ4v) is 8.04. The Kier molecular flexibility index (Phi) is 5.28. The number of pyridine rings is 2. The third-order valence-corrected chi connectivity index (χ3v) is 10.2.